The van der Waals surface area contributed by atoms with Gasteiger partial charge in [-0.2, -0.15) is 0 Å². The van der Waals surface area contributed by atoms with Crippen LogP contribution >= 0.6 is 11.3 Å². The van der Waals surface area contributed by atoms with Crippen molar-refractivity contribution in [2.45, 2.75) is 40.0 Å². The number of aliphatic carboxylic acids is 1. The number of aromatic nitrogens is 1. The standard InChI is InChI=1S/C14H20N2O3S/c1-4-9-5-10(11(6-9)13(18)19)12(17)16-14-15-7(2)8(3)20-14/h9-11H,4-6H2,1-3H3,(H,18,19)(H,15,16,17). The molecule has 1 heterocycles. The van der Waals surface area contributed by atoms with Crippen molar-refractivity contribution in [2.24, 2.45) is 17.8 Å². The molecule has 1 aliphatic carbocycles. The molecule has 110 valence electrons. The number of carbonyl (C=O) groups excluding carboxylic acids is 1. The molecule has 1 amide bonds. The number of anilines is 1. The van der Waals surface area contributed by atoms with Crippen LogP contribution in [0.3, 0.4) is 0 Å². The number of carbonyl (C=O) groups is 2. The molecule has 3 atom stereocenters. The van der Waals surface area contributed by atoms with Gasteiger partial charge in [-0.15, -0.1) is 11.3 Å². The lowest BCUT2D eigenvalue weighted by atomic mass is 9.95. The van der Waals surface area contributed by atoms with E-state index >= 15 is 0 Å². The first-order valence-corrected chi connectivity index (χ1v) is 7.71. The van der Waals surface area contributed by atoms with Crippen LogP contribution in [-0.2, 0) is 9.59 Å². The molecule has 1 aromatic rings. The highest BCUT2D eigenvalue weighted by Crippen LogP contribution is 2.39. The van der Waals surface area contributed by atoms with E-state index in [2.05, 4.69) is 10.3 Å². The molecular formula is C14H20N2O3S. The van der Waals surface area contributed by atoms with E-state index in [0.717, 1.165) is 17.0 Å². The van der Waals surface area contributed by atoms with Gasteiger partial charge in [0.25, 0.3) is 0 Å². The minimum atomic E-state index is -0.868. The van der Waals surface area contributed by atoms with E-state index < -0.39 is 17.8 Å². The molecule has 0 aromatic carbocycles. The SMILES string of the molecule is CCC1CC(C(=O)O)C(C(=O)Nc2nc(C)c(C)s2)C1. The van der Waals surface area contributed by atoms with Gasteiger partial charge in [0.15, 0.2) is 5.13 Å². The maximum atomic E-state index is 12.3. The van der Waals surface area contributed by atoms with Crippen molar-refractivity contribution in [1.82, 2.24) is 4.98 Å². The molecular weight excluding hydrogens is 276 g/mol. The number of carboxylic acid groups (broad SMARTS) is 1. The van der Waals surface area contributed by atoms with Crippen molar-refractivity contribution < 1.29 is 14.7 Å². The number of rotatable bonds is 4. The van der Waals surface area contributed by atoms with Crippen molar-refractivity contribution in [2.75, 3.05) is 5.32 Å². The van der Waals surface area contributed by atoms with Crippen LogP contribution in [0.5, 0.6) is 0 Å². The number of thiazole rings is 1. The van der Waals surface area contributed by atoms with Gasteiger partial charge >= 0.3 is 5.97 Å². The van der Waals surface area contributed by atoms with Crippen molar-refractivity contribution in [3.8, 4) is 0 Å². The zero-order valence-corrected chi connectivity index (χ0v) is 12.8. The van der Waals surface area contributed by atoms with Gasteiger partial charge < -0.3 is 10.4 Å². The number of aryl methyl sites for hydroxylation is 2. The van der Waals surface area contributed by atoms with Crippen LogP contribution in [0.4, 0.5) is 5.13 Å². The molecule has 2 rings (SSSR count). The molecule has 0 bridgehead atoms. The first kappa shape index (κ1) is 15.0. The van der Waals surface area contributed by atoms with Crippen LogP contribution in [0, 0.1) is 31.6 Å². The van der Waals surface area contributed by atoms with E-state index in [1.165, 1.54) is 11.3 Å². The first-order valence-electron chi connectivity index (χ1n) is 6.90. The fourth-order valence-electron chi connectivity index (χ4n) is 2.76. The maximum absolute atomic E-state index is 12.3. The van der Waals surface area contributed by atoms with E-state index in [1.807, 2.05) is 20.8 Å². The summed E-state index contributed by atoms with van der Waals surface area (Å²) in [5, 5.41) is 12.6. The van der Waals surface area contributed by atoms with Crippen LogP contribution in [0.2, 0.25) is 0 Å². The van der Waals surface area contributed by atoms with Crippen molar-refractivity contribution in [3.63, 3.8) is 0 Å². The van der Waals surface area contributed by atoms with Gasteiger partial charge in [-0.05, 0) is 32.6 Å². The highest BCUT2D eigenvalue weighted by molar-refractivity contribution is 7.15. The van der Waals surface area contributed by atoms with Crippen molar-refractivity contribution >= 4 is 28.3 Å². The number of carboxylic acids is 1. The lowest BCUT2D eigenvalue weighted by Gasteiger charge is -2.14. The summed E-state index contributed by atoms with van der Waals surface area (Å²) < 4.78 is 0. The summed E-state index contributed by atoms with van der Waals surface area (Å²) in [6.07, 6.45) is 2.17. The van der Waals surface area contributed by atoms with Gasteiger partial charge in [0.05, 0.1) is 17.5 Å². The van der Waals surface area contributed by atoms with Crippen molar-refractivity contribution in [3.05, 3.63) is 10.6 Å². The summed E-state index contributed by atoms with van der Waals surface area (Å²) in [7, 11) is 0. The van der Waals surface area contributed by atoms with Gasteiger partial charge in [-0.1, -0.05) is 13.3 Å². The van der Waals surface area contributed by atoms with Crippen LogP contribution in [0.25, 0.3) is 0 Å². The smallest absolute Gasteiger partial charge is 0.307 e. The highest BCUT2D eigenvalue weighted by Gasteiger charge is 2.42. The summed E-state index contributed by atoms with van der Waals surface area (Å²) in [6, 6.07) is 0. The van der Waals surface area contributed by atoms with Crippen LogP contribution < -0.4 is 5.32 Å². The maximum Gasteiger partial charge on any atom is 0.307 e. The molecule has 0 radical (unpaired) electrons. The summed E-state index contributed by atoms with van der Waals surface area (Å²) in [5.41, 5.74) is 0.901. The molecule has 1 saturated carbocycles. The lowest BCUT2D eigenvalue weighted by molar-refractivity contribution is -0.145. The molecule has 1 aromatic heterocycles. The van der Waals surface area contributed by atoms with Gasteiger partial charge in [-0.3, -0.25) is 9.59 Å². The van der Waals surface area contributed by atoms with Gasteiger partial charge in [0, 0.05) is 4.88 Å². The first-order chi connectivity index (χ1) is 9.42. The van der Waals surface area contributed by atoms with Crippen LogP contribution in [0.15, 0.2) is 0 Å². The molecule has 5 nitrogen and oxygen atoms in total. The number of nitrogens with one attached hydrogen (secondary N) is 1. The summed E-state index contributed by atoms with van der Waals surface area (Å²) in [5.74, 6) is -1.76. The lowest BCUT2D eigenvalue weighted by Crippen LogP contribution is -2.29. The zero-order chi connectivity index (χ0) is 14.9. The van der Waals surface area contributed by atoms with Crippen LogP contribution in [-0.4, -0.2) is 22.0 Å². The molecule has 20 heavy (non-hydrogen) atoms. The van der Waals surface area contributed by atoms with E-state index in [-0.39, 0.29) is 5.91 Å². The third-order valence-corrected chi connectivity index (χ3v) is 5.14. The highest BCUT2D eigenvalue weighted by atomic mass is 32.1. The fourth-order valence-corrected chi connectivity index (χ4v) is 3.58. The number of hydrogen-bond donors (Lipinski definition) is 2. The number of nitrogens with zero attached hydrogens (tertiary/aromatic N) is 1. The second kappa shape index (κ2) is 5.91. The Balaban J connectivity index is 2.09. The predicted molar refractivity (Wildman–Crippen MR) is 77.8 cm³/mol. The monoisotopic (exact) mass is 296 g/mol. The van der Waals surface area contributed by atoms with Gasteiger partial charge in [0.1, 0.15) is 0 Å². The normalized spacial score (nSPS) is 25.6. The number of hydrogen-bond acceptors (Lipinski definition) is 4. The van der Waals surface area contributed by atoms with Crippen LogP contribution in [0.1, 0.15) is 36.8 Å². The van der Waals surface area contributed by atoms with E-state index in [1.54, 1.807) is 0 Å². The second-order valence-corrected chi connectivity index (χ2v) is 6.65. The third kappa shape index (κ3) is 3.00. The Kier molecular flexibility index (Phi) is 4.42. The van der Waals surface area contributed by atoms with Crippen molar-refractivity contribution in [1.29, 1.82) is 0 Å². The second-order valence-electron chi connectivity index (χ2n) is 5.45. The summed E-state index contributed by atoms with van der Waals surface area (Å²) in [6.45, 7) is 5.88. The Morgan fingerprint density at radius 2 is 2.00 bits per heavy atom. The number of amides is 1. The molecule has 3 unspecified atom stereocenters. The molecule has 0 spiro atoms. The van der Waals surface area contributed by atoms with Gasteiger partial charge in [0.2, 0.25) is 5.91 Å². The predicted octanol–water partition coefficient (Wildman–Crippen LogP) is 2.84. The Bertz CT molecular complexity index is 507. The topological polar surface area (TPSA) is 79.3 Å². The minimum absolute atomic E-state index is 0.206. The van der Waals surface area contributed by atoms with E-state index in [9.17, 15) is 14.7 Å². The average molecular weight is 296 g/mol. The average Bonchev–Trinajstić information content (AvgIpc) is 2.94. The fraction of sp³-hybridized carbons (Fsp3) is 0.643. The quantitative estimate of drug-likeness (QED) is 0.895. The molecule has 2 N–H and O–H groups in total. The Morgan fingerprint density at radius 1 is 1.35 bits per heavy atom. The van der Waals surface area contributed by atoms with Gasteiger partial charge in [-0.25, -0.2) is 4.98 Å². The molecule has 1 aliphatic rings. The third-order valence-electron chi connectivity index (χ3n) is 4.15. The van der Waals surface area contributed by atoms with E-state index in [4.69, 9.17) is 0 Å². The molecule has 6 heteroatoms. The Hall–Kier alpha value is -1.43. The Labute approximate surface area is 122 Å². The Morgan fingerprint density at radius 3 is 2.50 bits per heavy atom. The summed E-state index contributed by atoms with van der Waals surface area (Å²) >= 11 is 1.43. The molecule has 0 saturated heterocycles. The molecule has 0 aliphatic heterocycles. The zero-order valence-electron chi connectivity index (χ0n) is 12.0. The summed E-state index contributed by atoms with van der Waals surface area (Å²) in [4.78, 5) is 28.9. The largest absolute Gasteiger partial charge is 0.481 e. The molecule has 1 fully saturated rings. The van der Waals surface area contributed by atoms with E-state index in [0.29, 0.717) is 23.9 Å². The minimum Gasteiger partial charge on any atom is -0.481 e.